The molecule has 8 heteroatoms. The molecule has 1 aliphatic rings. The Bertz CT molecular complexity index is 902. The van der Waals surface area contributed by atoms with Crippen LogP contribution in [0.5, 0.6) is 0 Å². The Morgan fingerprint density at radius 2 is 2.21 bits per heavy atom. The van der Waals surface area contributed by atoms with Crippen molar-refractivity contribution in [2.24, 2.45) is 0 Å². The van der Waals surface area contributed by atoms with Crippen molar-refractivity contribution in [3.63, 3.8) is 0 Å². The maximum atomic E-state index is 12.9. The summed E-state index contributed by atoms with van der Waals surface area (Å²) in [4.78, 5) is 32.4. The van der Waals surface area contributed by atoms with Crippen molar-refractivity contribution in [1.82, 2.24) is 14.5 Å². The van der Waals surface area contributed by atoms with Gasteiger partial charge >= 0.3 is 0 Å². The van der Waals surface area contributed by atoms with Crippen LogP contribution in [0.4, 0.5) is 0 Å². The molecule has 0 saturated carbocycles. The van der Waals surface area contributed by atoms with Crippen LogP contribution in [0.15, 0.2) is 28.2 Å². The van der Waals surface area contributed by atoms with Crippen molar-refractivity contribution >= 4 is 40.2 Å². The molecule has 152 valence electrons. The predicted octanol–water partition coefficient (Wildman–Crippen LogP) is 3.58. The number of methoxy groups -OCH3 is 1. The number of aromatic nitrogens is 2. The zero-order valence-corrected chi connectivity index (χ0v) is 17.9. The summed E-state index contributed by atoms with van der Waals surface area (Å²) in [5.74, 6) is 0.373. The van der Waals surface area contributed by atoms with E-state index >= 15 is 0 Å². The Morgan fingerprint density at radius 1 is 1.39 bits per heavy atom. The van der Waals surface area contributed by atoms with Gasteiger partial charge in [0, 0.05) is 24.7 Å². The van der Waals surface area contributed by atoms with Crippen LogP contribution >= 0.6 is 23.4 Å². The fourth-order valence-electron chi connectivity index (χ4n) is 3.63. The number of thioether (sulfide) groups is 1. The Kier molecular flexibility index (Phi) is 7.37. The number of fused-ring (bicyclic) bond motifs is 1. The van der Waals surface area contributed by atoms with Gasteiger partial charge in [-0.2, -0.15) is 0 Å². The Hall–Kier alpha value is -1.57. The molecule has 1 amide bonds. The highest BCUT2D eigenvalue weighted by Crippen LogP contribution is 2.24. The number of piperidine rings is 1. The van der Waals surface area contributed by atoms with Gasteiger partial charge in [-0.1, -0.05) is 30.3 Å². The summed E-state index contributed by atoms with van der Waals surface area (Å²) in [6.07, 6.45) is 4.27. The molecule has 1 unspecified atom stereocenters. The fourth-order valence-corrected chi connectivity index (χ4v) is 4.70. The second-order valence-electron chi connectivity index (χ2n) is 6.94. The van der Waals surface area contributed by atoms with Crippen LogP contribution in [0.25, 0.3) is 10.9 Å². The summed E-state index contributed by atoms with van der Waals surface area (Å²) in [5, 5.41) is 1.56. The van der Waals surface area contributed by atoms with Crippen LogP contribution < -0.4 is 5.56 Å². The average Bonchev–Trinajstić information content (AvgIpc) is 2.71. The van der Waals surface area contributed by atoms with E-state index in [2.05, 4.69) is 11.9 Å². The first kappa shape index (κ1) is 21.1. The number of likely N-dealkylation sites (tertiary alicyclic amines) is 1. The van der Waals surface area contributed by atoms with Crippen molar-refractivity contribution in [2.75, 3.05) is 26.0 Å². The van der Waals surface area contributed by atoms with E-state index in [-0.39, 0.29) is 17.2 Å². The lowest BCUT2D eigenvalue weighted by Crippen LogP contribution is -2.44. The van der Waals surface area contributed by atoms with Gasteiger partial charge < -0.3 is 9.64 Å². The molecular weight excluding hydrogens is 398 g/mol. The molecule has 0 bridgehead atoms. The zero-order chi connectivity index (χ0) is 20.1. The van der Waals surface area contributed by atoms with Crippen molar-refractivity contribution in [2.45, 2.75) is 50.4 Å². The number of hydrogen-bond donors (Lipinski definition) is 0. The number of hydrogen-bond acceptors (Lipinski definition) is 5. The van der Waals surface area contributed by atoms with Gasteiger partial charge in [-0.15, -0.1) is 0 Å². The van der Waals surface area contributed by atoms with E-state index in [9.17, 15) is 9.59 Å². The number of halogens is 1. The summed E-state index contributed by atoms with van der Waals surface area (Å²) in [5.41, 5.74) is 0.406. The predicted molar refractivity (Wildman–Crippen MR) is 113 cm³/mol. The van der Waals surface area contributed by atoms with Crippen molar-refractivity contribution in [3.05, 3.63) is 33.6 Å². The van der Waals surface area contributed by atoms with Crippen LogP contribution in [0, 0.1) is 0 Å². The summed E-state index contributed by atoms with van der Waals surface area (Å²) >= 11 is 7.38. The normalized spacial score (nSPS) is 17.2. The molecule has 3 rings (SSSR count). The molecule has 6 nitrogen and oxygen atoms in total. The van der Waals surface area contributed by atoms with Crippen molar-refractivity contribution < 1.29 is 9.53 Å². The standard InChI is InChI=1S/C20H26ClN3O3S/c1-3-15-6-4-5-9-23(15)18(25)13-28-20-22-17-12-14(21)7-8-16(17)19(26)24(20)10-11-27-2/h7-8,12,15H,3-6,9-11,13H2,1-2H3. The number of rotatable bonds is 7. The molecule has 0 N–H and O–H groups in total. The van der Waals surface area contributed by atoms with E-state index in [1.165, 1.54) is 18.2 Å². The van der Waals surface area contributed by atoms with Crippen molar-refractivity contribution in [1.29, 1.82) is 0 Å². The van der Waals surface area contributed by atoms with E-state index in [1.807, 2.05) is 4.90 Å². The van der Waals surface area contributed by atoms with E-state index < -0.39 is 0 Å². The third kappa shape index (κ3) is 4.70. The molecule has 1 aliphatic heterocycles. The lowest BCUT2D eigenvalue weighted by molar-refractivity contribution is -0.132. The molecule has 0 radical (unpaired) electrons. The van der Waals surface area contributed by atoms with Gasteiger partial charge in [0.15, 0.2) is 5.16 Å². The Labute approximate surface area is 174 Å². The minimum absolute atomic E-state index is 0.107. The molecule has 1 aromatic carbocycles. The molecule has 2 heterocycles. The first-order valence-electron chi connectivity index (χ1n) is 9.66. The summed E-state index contributed by atoms with van der Waals surface area (Å²) in [7, 11) is 1.59. The molecule has 0 aliphatic carbocycles. The van der Waals surface area contributed by atoms with Gasteiger partial charge in [0.05, 0.1) is 29.8 Å². The Balaban J connectivity index is 1.86. The van der Waals surface area contributed by atoms with Gasteiger partial charge in [0.1, 0.15) is 0 Å². The number of carbonyl (C=O) groups is 1. The Morgan fingerprint density at radius 3 is 2.96 bits per heavy atom. The number of ether oxygens (including phenoxy) is 1. The van der Waals surface area contributed by atoms with Crippen LogP contribution in [-0.2, 0) is 16.1 Å². The molecule has 28 heavy (non-hydrogen) atoms. The highest BCUT2D eigenvalue weighted by molar-refractivity contribution is 7.99. The number of carbonyl (C=O) groups excluding carboxylic acids is 1. The van der Waals surface area contributed by atoms with E-state index in [0.717, 1.165) is 25.8 Å². The molecule has 2 aromatic rings. The van der Waals surface area contributed by atoms with Crippen LogP contribution in [0.3, 0.4) is 0 Å². The molecule has 1 aromatic heterocycles. The highest BCUT2D eigenvalue weighted by atomic mass is 35.5. The maximum absolute atomic E-state index is 12.9. The van der Waals surface area contributed by atoms with E-state index in [0.29, 0.717) is 40.3 Å². The monoisotopic (exact) mass is 423 g/mol. The van der Waals surface area contributed by atoms with Gasteiger partial charge in [-0.25, -0.2) is 4.98 Å². The van der Waals surface area contributed by atoms with E-state index in [4.69, 9.17) is 16.3 Å². The minimum Gasteiger partial charge on any atom is -0.383 e. The summed E-state index contributed by atoms with van der Waals surface area (Å²) in [6.45, 7) is 3.72. The van der Waals surface area contributed by atoms with Gasteiger partial charge in [-0.3, -0.25) is 14.2 Å². The van der Waals surface area contributed by atoms with Gasteiger partial charge in [0.25, 0.3) is 5.56 Å². The third-order valence-electron chi connectivity index (χ3n) is 5.14. The molecule has 1 fully saturated rings. The maximum Gasteiger partial charge on any atom is 0.262 e. The summed E-state index contributed by atoms with van der Waals surface area (Å²) in [6, 6.07) is 5.38. The first-order chi connectivity index (χ1) is 13.5. The SMILES string of the molecule is CCC1CCCCN1C(=O)CSc1nc2cc(Cl)ccc2c(=O)n1CCOC. The van der Waals surface area contributed by atoms with Gasteiger partial charge in [0.2, 0.25) is 5.91 Å². The topological polar surface area (TPSA) is 64.4 Å². The first-order valence-corrected chi connectivity index (χ1v) is 11.0. The highest BCUT2D eigenvalue weighted by Gasteiger charge is 2.25. The molecule has 1 atom stereocenters. The number of nitrogens with zero attached hydrogens (tertiary/aromatic N) is 3. The van der Waals surface area contributed by atoms with Gasteiger partial charge in [-0.05, 0) is 43.9 Å². The number of benzene rings is 1. The average molecular weight is 424 g/mol. The molecule has 1 saturated heterocycles. The largest absolute Gasteiger partial charge is 0.383 e. The quantitative estimate of drug-likeness (QED) is 0.503. The number of amides is 1. The fraction of sp³-hybridized carbons (Fsp3) is 0.550. The van der Waals surface area contributed by atoms with Crippen LogP contribution in [0.1, 0.15) is 32.6 Å². The van der Waals surface area contributed by atoms with Crippen LogP contribution in [-0.4, -0.2) is 52.4 Å². The minimum atomic E-state index is -0.141. The van der Waals surface area contributed by atoms with Crippen molar-refractivity contribution in [3.8, 4) is 0 Å². The smallest absolute Gasteiger partial charge is 0.262 e. The lowest BCUT2D eigenvalue weighted by Gasteiger charge is -2.35. The summed E-state index contributed by atoms with van der Waals surface area (Å²) < 4.78 is 6.73. The zero-order valence-electron chi connectivity index (χ0n) is 16.3. The molecule has 0 spiro atoms. The molecular formula is C20H26ClN3O3S. The lowest BCUT2D eigenvalue weighted by atomic mass is 10.0. The second-order valence-corrected chi connectivity index (χ2v) is 8.32. The van der Waals surface area contributed by atoms with Crippen LogP contribution in [0.2, 0.25) is 5.02 Å². The third-order valence-corrected chi connectivity index (χ3v) is 6.34. The second kappa shape index (κ2) is 9.76. The van der Waals surface area contributed by atoms with E-state index in [1.54, 1.807) is 29.9 Å².